The normalized spacial score (nSPS) is 11.3. The Morgan fingerprint density at radius 1 is 1.32 bits per heavy atom. The van der Waals surface area contributed by atoms with Crippen LogP contribution in [0, 0.1) is 6.92 Å². The second kappa shape index (κ2) is 6.92. The van der Waals surface area contributed by atoms with E-state index in [4.69, 9.17) is 16.3 Å². The van der Waals surface area contributed by atoms with Crippen LogP contribution < -0.4 is 0 Å². The van der Waals surface area contributed by atoms with E-state index in [1.165, 1.54) is 12.0 Å². The van der Waals surface area contributed by atoms with Gasteiger partial charge in [-0.3, -0.25) is 0 Å². The van der Waals surface area contributed by atoms with Crippen molar-refractivity contribution in [2.24, 2.45) is 0 Å². The molecule has 0 aliphatic heterocycles. The molecule has 0 aliphatic rings. The summed E-state index contributed by atoms with van der Waals surface area (Å²) >= 11 is 5.99. The molecule has 0 saturated heterocycles. The molecule has 0 radical (unpaired) electrons. The zero-order valence-electron chi connectivity index (χ0n) is 11.7. The van der Waals surface area contributed by atoms with Gasteiger partial charge in [0.2, 0.25) is 0 Å². The molecule has 19 heavy (non-hydrogen) atoms. The maximum atomic E-state index is 5.99. The smallest absolute Gasteiger partial charge is 0.124 e. The van der Waals surface area contributed by atoms with Gasteiger partial charge in [0.05, 0.1) is 23.5 Å². The lowest BCUT2D eigenvalue weighted by atomic mass is 10.2. The van der Waals surface area contributed by atoms with Crippen LogP contribution in [0.1, 0.15) is 31.2 Å². The zero-order valence-corrected chi connectivity index (χ0v) is 12.4. The van der Waals surface area contributed by atoms with Crippen molar-refractivity contribution in [2.45, 2.75) is 39.1 Å². The number of hydrogen-bond acceptors (Lipinski definition) is 2. The molecule has 2 rings (SSSR count). The second-order valence-corrected chi connectivity index (χ2v) is 4.99. The number of nitrogens with zero attached hydrogens (tertiary/aromatic N) is 2. The van der Waals surface area contributed by atoms with Crippen LogP contribution >= 0.6 is 11.6 Å². The molecular formula is C15H21ClN2O. The van der Waals surface area contributed by atoms with Gasteiger partial charge in [0.15, 0.2) is 0 Å². The third-order valence-corrected chi connectivity index (χ3v) is 3.52. The number of aryl methyl sites for hydroxylation is 1. The number of alkyl halides is 1. The molecule has 1 aromatic heterocycles. The molecule has 0 bridgehead atoms. The van der Waals surface area contributed by atoms with E-state index in [0.717, 1.165) is 36.4 Å². The summed E-state index contributed by atoms with van der Waals surface area (Å²) < 4.78 is 7.80. The lowest BCUT2D eigenvalue weighted by molar-refractivity contribution is 0.124. The van der Waals surface area contributed by atoms with Crippen LogP contribution in [0.4, 0.5) is 0 Å². The quantitative estimate of drug-likeness (QED) is 0.568. The van der Waals surface area contributed by atoms with Gasteiger partial charge in [-0.25, -0.2) is 4.98 Å². The van der Waals surface area contributed by atoms with E-state index in [0.29, 0.717) is 12.5 Å². The standard InChI is InChI=1S/C15H21ClN2O/c1-3-4-9-19-10-8-18-13-7-5-6-12(2)15(13)17-14(18)11-16/h5-7H,3-4,8-11H2,1-2H3. The van der Waals surface area contributed by atoms with Gasteiger partial charge < -0.3 is 9.30 Å². The lowest BCUT2D eigenvalue weighted by Crippen LogP contribution is -2.09. The van der Waals surface area contributed by atoms with Gasteiger partial charge >= 0.3 is 0 Å². The average Bonchev–Trinajstić information content (AvgIpc) is 2.78. The summed E-state index contributed by atoms with van der Waals surface area (Å²) in [5, 5.41) is 0. The van der Waals surface area contributed by atoms with Crippen LogP contribution in [-0.4, -0.2) is 22.8 Å². The molecule has 0 N–H and O–H groups in total. The van der Waals surface area contributed by atoms with Crippen LogP contribution in [-0.2, 0) is 17.2 Å². The fourth-order valence-electron chi connectivity index (χ4n) is 2.19. The highest BCUT2D eigenvalue weighted by Crippen LogP contribution is 2.20. The van der Waals surface area contributed by atoms with Crippen LogP contribution in [0.2, 0.25) is 0 Å². The van der Waals surface area contributed by atoms with Crippen LogP contribution in [0.25, 0.3) is 11.0 Å². The van der Waals surface area contributed by atoms with Crippen molar-refractivity contribution in [3.63, 3.8) is 0 Å². The fraction of sp³-hybridized carbons (Fsp3) is 0.533. The van der Waals surface area contributed by atoms with E-state index in [2.05, 4.69) is 41.6 Å². The lowest BCUT2D eigenvalue weighted by Gasteiger charge is -2.08. The number of benzene rings is 1. The van der Waals surface area contributed by atoms with Gasteiger partial charge in [0.25, 0.3) is 0 Å². The number of ether oxygens (including phenoxy) is 1. The maximum absolute atomic E-state index is 5.99. The number of halogens is 1. The van der Waals surface area contributed by atoms with E-state index in [-0.39, 0.29) is 0 Å². The third kappa shape index (κ3) is 3.28. The third-order valence-electron chi connectivity index (χ3n) is 3.28. The highest BCUT2D eigenvalue weighted by Gasteiger charge is 2.10. The molecule has 0 atom stereocenters. The minimum atomic E-state index is 0.434. The molecule has 0 aliphatic carbocycles. The monoisotopic (exact) mass is 280 g/mol. The van der Waals surface area contributed by atoms with Crippen LogP contribution in [0.3, 0.4) is 0 Å². The van der Waals surface area contributed by atoms with Gasteiger partial charge in [-0.15, -0.1) is 11.6 Å². The summed E-state index contributed by atoms with van der Waals surface area (Å²) in [6.45, 7) is 6.60. The first-order valence-electron chi connectivity index (χ1n) is 6.86. The van der Waals surface area contributed by atoms with Crippen molar-refractivity contribution in [2.75, 3.05) is 13.2 Å². The highest BCUT2D eigenvalue weighted by molar-refractivity contribution is 6.16. The SMILES string of the molecule is CCCCOCCn1c(CCl)nc2c(C)cccc21. The number of para-hydroxylation sites is 1. The molecule has 0 spiro atoms. The molecule has 0 unspecified atom stereocenters. The Morgan fingerprint density at radius 3 is 2.89 bits per heavy atom. The molecule has 1 aromatic carbocycles. The Morgan fingerprint density at radius 2 is 2.16 bits per heavy atom. The molecule has 3 nitrogen and oxygen atoms in total. The van der Waals surface area contributed by atoms with E-state index >= 15 is 0 Å². The molecule has 0 amide bonds. The van der Waals surface area contributed by atoms with E-state index in [9.17, 15) is 0 Å². The number of imidazole rings is 1. The predicted octanol–water partition coefficient (Wildman–Crippen LogP) is 3.90. The Kier molecular flexibility index (Phi) is 5.23. The van der Waals surface area contributed by atoms with Gasteiger partial charge in [0, 0.05) is 13.2 Å². The Bertz CT molecular complexity index is 536. The number of fused-ring (bicyclic) bond motifs is 1. The van der Waals surface area contributed by atoms with Gasteiger partial charge in [-0.2, -0.15) is 0 Å². The second-order valence-electron chi connectivity index (χ2n) is 4.72. The molecule has 4 heteroatoms. The first-order valence-corrected chi connectivity index (χ1v) is 7.39. The topological polar surface area (TPSA) is 27.1 Å². The van der Waals surface area contributed by atoms with Crippen molar-refractivity contribution in [1.29, 1.82) is 0 Å². The highest BCUT2D eigenvalue weighted by atomic mass is 35.5. The summed E-state index contributed by atoms with van der Waals surface area (Å²) in [5.74, 6) is 1.35. The van der Waals surface area contributed by atoms with Crippen molar-refractivity contribution >= 4 is 22.6 Å². The molecule has 2 aromatic rings. The zero-order chi connectivity index (χ0) is 13.7. The molecule has 104 valence electrons. The summed E-state index contributed by atoms with van der Waals surface area (Å²) in [5.41, 5.74) is 3.39. The summed E-state index contributed by atoms with van der Waals surface area (Å²) in [7, 11) is 0. The molecule has 0 fully saturated rings. The summed E-state index contributed by atoms with van der Waals surface area (Å²) in [6.07, 6.45) is 2.28. The van der Waals surface area contributed by atoms with Crippen molar-refractivity contribution in [3.05, 3.63) is 29.6 Å². The predicted molar refractivity (Wildman–Crippen MR) is 79.8 cm³/mol. The molecular weight excluding hydrogens is 260 g/mol. The maximum Gasteiger partial charge on any atom is 0.124 e. The molecule has 0 saturated carbocycles. The number of rotatable bonds is 7. The molecule has 1 heterocycles. The minimum absolute atomic E-state index is 0.434. The van der Waals surface area contributed by atoms with Crippen molar-refractivity contribution < 1.29 is 4.74 Å². The van der Waals surface area contributed by atoms with E-state index in [1.807, 2.05) is 0 Å². The van der Waals surface area contributed by atoms with Crippen molar-refractivity contribution in [1.82, 2.24) is 9.55 Å². The average molecular weight is 281 g/mol. The summed E-state index contributed by atoms with van der Waals surface area (Å²) in [6, 6.07) is 6.23. The number of unbranched alkanes of at least 4 members (excludes halogenated alkanes) is 1. The van der Waals surface area contributed by atoms with Gasteiger partial charge in [-0.1, -0.05) is 25.5 Å². The van der Waals surface area contributed by atoms with E-state index < -0.39 is 0 Å². The van der Waals surface area contributed by atoms with Crippen LogP contribution in [0.15, 0.2) is 18.2 Å². The summed E-state index contributed by atoms with van der Waals surface area (Å²) in [4.78, 5) is 4.62. The Hall–Kier alpha value is -1.06. The van der Waals surface area contributed by atoms with Gasteiger partial charge in [-0.05, 0) is 25.0 Å². The van der Waals surface area contributed by atoms with Gasteiger partial charge in [0.1, 0.15) is 5.82 Å². The number of hydrogen-bond donors (Lipinski definition) is 0. The van der Waals surface area contributed by atoms with Crippen molar-refractivity contribution in [3.8, 4) is 0 Å². The first kappa shape index (κ1) is 14.4. The minimum Gasteiger partial charge on any atom is -0.380 e. The van der Waals surface area contributed by atoms with Crippen LogP contribution in [0.5, 0.6) is 0 Å². The fourth-order valence-corrected chi connectivity index (χ4v) is 2.40. The Labute approximate surface area is 119 Å². The number of aromatic nitrogens is 2. The van der Waals surface area contributed by atoms with E-state index in [1.54, 1.807) is 0 Å². The largest absolute Gasteiger partial charge is 0.380 e. The first-order chi connectivity index (χ1) is 9.27. The Balaban J connectivity index is 2.14.